The van der Waals surface area contributed by atoms with Crippen LogP contribution in [0.15, 0.2) is 18.2 Å². The van der Waals surface area contributed by atoms with Gasteiger partial charge in [0, 0.05) is 12.6 Å². The Hall–Kier alpha value is -1.06. The Morgan fingerprint density at radius 1 is 1.15 bits per heavy atom. The Labute approximate surface area is 123 Å². The molecule has 1 N–H and O–H groups in total. The molecule has 0 radical (unpaired) electrons. The Morgan fingerprint density at radius 2 is 1.90 bits per heavy atom. The zero-order valence-corrected chi connectivity index (χ0v) is 13.5. The lowest BCUT2D eigenvalue weighted by atomic mass is 10.1. The SMILES string of the molecule is CCNC(C)c1ccc(OCCOCC(C)C)c(C)c1. The van der Waals surface area contributed by atoms with E-state index < -0.39 is 0 Å². The van der Waals surface area contributed by atoms with Gasteiger partial charge in [-0.05, 0) is 43.5 Å². The van der Waals surface area contributed by atoms with Crippen LogP contribution in [0, 0.1) is 12.8 Å². The predicted molar refractivity (Wildman–Crippen MR) is 84.4 cm³/mol. The van der Waals surface area contributed by atoms with E-state index in [1.165, 1.54) is 11.1 Å². The summed E-state index contributed by atoms with van der Waals surface area (Å²) in [5.74, 6) is 1.52. The molecular weight excluding hydrogens is 250 g/mol. The third-order valence-corrected chi connectivity index (χ3v) is 3.15. The standard InChI is InChI=1S/C17H29NO2/c1-6-18-15(5)16-7-8-17(14(4)11-16)20-10-9-19-12-13(2)3/h7-8,11,13,15,18H,6,9-10,12H2,1-5H3. The van der Waals surface area contributed by atoms with Gasteiger partial charge in [0.2, 0.25) is 0 Å². The summed E-state index contributed by atoms with van der Waals surface area (Å²) in [4.78, 5) is 0. The largest absolute Gasteiger partial charge is 0.491 e. The molecule has 0 bridgehead atoms. The first-order valence-electron chi connectivity index (χ1n) is 7.59. The topological polar surface area (TPSA) is 30.5 Å². The highest BCUT2D eigenvalue weighted by molar-refractivity contribution is 5.37. The van der Waals surface area contributed by atoms with Crippen LogP contribution in [-0.4, -0.2) is 26.4 Å². The summed E-state index contributed by atoms with van der Waals surface area (Å²) in [6.45, 7) is 13.7. The van der Waals surface area contributed by atoms with Crippen molar-refractivity contribution in [1.82, 2.24) is 5.32 Å². The molecule has 0 aromatic heterocycles. The van der Waals surface area contributed by atoms with Crippen LogP contribution in [0.3, 0.4) is 0 Å². The van der Waals surface area contributed by atoms with Crippen LogP contribution in [0.1, 0.15) is 44.9 Å². The molecule has 0 saturated heterocycles. The maximum atomic E-state index is 5.77. The average molecular weight is 279 g/mol. The summed E-state index contributed by atoms with van der Waals surface area (Å²) in [7, 11) is 0. The number of ether oxygens (including phenoxy) is 2. The first kappa shape index (κ1) is 17.0. The van der Waals surface area contributed by atoms with Gasteiger partial charge in [0.25, 0.3) is 0 Å². The van der Waals surface area contributed by atoms with Gasteiger partial charge in [-0.2, -0.15) is 0 Å². The average Bonchev–Trinajstić information content (AvgIpc) is 2.39. The van der Waals surface area contributed by atoms with Crippen molar-refractivity contribution in [3.05, 3.63) is 29.3 Å². The minimum atomic E-state index is 0.377. The van der Waals surface area contributed by atoms with E-state index in [1.807, 2.05) is 0 Å². The third-order valence-electron chi connectivity index (χ3n) is 3.15. The van der Waals surface area contributed by atoms with E-state index in [0.29, 0.717) is 25.2 Å². The first-order valence-corrected chi connectivity index (χ1v) is 7.59. The quantitative estimate of drug-likeness (QED) is 0.699. The van der Waals surface area contributed by atoms with Gasteiger partial charge in [0.1, 0.15) is 12.4 Å². The number of nitrogens with one attached hydrogen (secondary N) is 1. The molecule has 3 heteroatoms. The molecule has 3 nitrogen and oxygen atoms in total. The molecule has 1 aromatic carbocycles. The van der Waals surface area contributed by atoms with Crippen LogP contribution in [0.4, 0.5) is 0 Å². The van der Waals surface area contributed by atoms with Gasteiger partial charge in [-0.25, -0.2) is 0 Å². The van der Waals surface area contributed by atoms with Crippen LogP contribution >= 0.6 is 0 Å². The fourth-order valence-corrected chi connectivity index (χ4v) is 2.06. The second kappa shape index (κ2) is 8.98. The van der Waals surface area contributed by atoms with E-state index in [-0.39, 0.29) is 0 Å². The minimum absolute atomic E-state index is 0.377. The summed E-state index contributed by atoms with van der Waals surface area (Å²) < 4.78 is 11.3. The lowest BCUT2D eigenvalue weighted by Gasteiger charge is -2.16. The van der Waals surface area contributed by atoms with Crippen molar-refractivity contribution < 1.29 is 9.47 Å². The van der Waals surface area contributed by atoms with E-state index in [1.54, 1.807) is 0 Å². The molecule has 0 spiro atoms. The van der Waals surface area contributed by atoms with E-state index in [0.717, 1.165) is 18.9 Å². The first-order chi connectivity index (χ1) is 9.54. The van der Waals surface area contributed by atoms with Crippen LogP contribution in [0.5, 0.6) is 5.75 Å². The van der Waals surface area contributed by atoms with Crippen LogP contribution in [0.2, 0.25) is 0 Å². The van der Waals surface area contributed by atoms with Crippen molar-refractivity contribution in [3.8, 4) is 5.75 Å². The molecule has 0 aliphatic carbocycles. The van der Waals surface area contributed by atoms with Crippen LogP contribution in [-0.2, 0) is 4.74 Å². The third kappa shape index (κ3) is 5.93. The van der Waals surface area contributed by atoms with Crippen molar-refractivity contribution >= 4 is 0 Å². The zero-order chi connectivity index (χ0) is 15.0. The highest BCUT2D eigenvalue weighted by Crippen LogP contribution is 2.22. The Bertz CT molecular complexity index is 391. The molecule has 0 amide bonds. The molecule has 1 atom stereocenters. The van der Waals surface area contributed by atoms with Crippen LogP contribution < -0.4 is 10.1 Å². The lowest BCUT2D eigenvalue weighted by Crippen LogP contribution is -2.17. The molecule has 114 valence electrons. The Morgan fingerprint density at radius 3 is 2.50 bits per heavy atom. The molecule has 0 saturated carbocycles. The minimum Gasteiger partial charge on any atom is -0.491 e. The van der Waals surface area contributed by atoms with Crippen molar-refractivity contribution in [3.63, 3.8) is 0 Å². The monoisotopic (exact) mass is 279 g/mol. The Balaban J connectivity index is 2.43. The molecule has 0 aliphatic rings. The summed E-state index contributed by atoms with van der Waals surface area (Å²) >= 11 is 0. The predicted octanol–water partition coefficient (Wildman–Crippen LogP) is 3.72. The smallest absolute Gasteiger partial charge is 0.122 e. The highest BCUT2D eigenvalue weighted by atomic mass is 16.5. The molecule has 20 heavy (non-hydrogen) atoms. The van der Waals surface area contributed by atoms with Gasteiger partial charge >= 0.3 is 0 Å². The molecule has 0 heterocycles. The van der Waals surface area contributed by atoms with E-state index in [9.17, 15) is 0 Å². The summed E-state index contributed by atoms with van der Waals surface area (Å²) in [5.41, 5.74) is 2.48. The second-order valence-electron chi connectivity index (χ2n) is 5.62. The van der Waals surface area contributed by atoms with Crippen LogP contribution in [0.25, 0.3) is 0 Å². The lowest BCUT2D eigenvalue weighted by molar-refractivity contribution is 0.0817. The Kier molecular flexibility index (Phi) is 7.63. The summed E-state index contributed by atoms with van der Waals surface area (Å²) in [5, 5.41) is 3.42. The number of aryl methyl sites for hydroxylation is 1. The van der Waals surface area contributed by atoms with Crippen molar-refractivity contribution in [1.29, 1.82) is 0 Å². The summed E-state index contributed by atoms with van der Waals surface area (Å²) in [6, 6.07) is 6.76. The van der Waals surface area contributed by atoms with E-state index >= 15 is 0 Å². The molecular formula is C17H29NO2. The molecule has 0 aliphatic heterocycles. The van der Waals surface area contributed by atoms with Crippen molar-refractivity contribution in [2.24, 2.45) is 5.92 Å². The number of hydrogen-bond acceptors (Lipinski definition) is 3. The second-order valence-corrected chi connectivity index (χ2v) is 5.62. The van der Waals surface area contributed by atoms with Gasteiger partial charge in [-0.3, -0.25) is 0 Å². The zero-order valence-electron chi connectivity index (χ0n) is 13.5. The van der Waals surface area contributed by atoms with Gasteiger partial charge < -0.3 is 14.8 Å². The molecule has 0 fully saturated rings. The molecule has 1 rings (SSSR count). The number of rotatable bonds is 9. The number of hydrogen-bond donors (Lipinski definition) is 1. The van der Waals surface area contributed by atoms with Gasteiger partial charge in [0.05, 0.1) is 6.61 Å². The molecule has 1 aromatic rings. The fourth-order valence-electron chi connectivity index (χ4n) is 2.06. The van der Waals surface area contributed by atoms with Crippen molar-refractivity contribution in [2.75, 3.05) is 26.4 Å². The van der Waals surface area contributed by atoms with Gasteiger partial charge in [-0.1, -0.05) is 32.9 Å². The highest BCUT2D eigenvalue weighted by Gasteiger charge is 2.06. The van der Waals surface area contributed by atoms with Crippen molar-refractivity contribution in [2.45, 2.75) is 40.7 Å². The normalized spacial score (nSPS) is 12.7. The summed E-state index contributed by atoms with van der Waals surface area (Å²) in [6.07, 6.45) is 0. The molecule has 1 unspecified atom stereocenters. The van der Waals surface area contributed by atoms with E-state index in [4.69, 9.17) is 9.47 Å². The maximum absolute atomic E-state index is 5.77. The number of benzene rings is 1. The van der Waals surface area contributed by atoms with Gasteiger partial charge in [-0.15, -0.1) is 0 Å². The van der Waals surface area contributed by atoms with Gasteiger partial charge in [0.15, 0.2) is 0 Å². The maximum Gasteiger partial charge on any atom is 0.122 e. The van der Waals surface area contributed by atoms with E-state index in [2.05, 4.69) is 58.1 Å². The fraction of sp³-hybridized carbons (Fsp3) is 0.647.